The van der Waals surface area contributed by atoms with Crippen molar-refractivity contribution >= 4 is 6.08 Å². The number of aromatic hydroxyl groups is 3. The molecule has 0 aromatic heterocycles. The van der Waals surface area contributed by atoms with Crippen LogP contribution in [0.15, 0.2) is 29.4 Å². The van der Waals surface area contributed by atoms with Crippen molar-refractivity contribution in [2.75, 3.05) is 21.3 Å². The molecule has 0 fully saturated rings. The average molecular weight is 1330 g/mol. The predicted molar refractivity (Wildman–Crippen MR) is 424 cm³/mol. The van der Waals surface area contributed by atoms with Crippen molar-refractivity contribution in [1.29, 1.82) is 0 Å². The number of hydrogen-bond donors (Lipinski definition) is 3. The van der Waals surface area contributed by atoms with Gasteiger partial charge in [-0.15, -0.1) is 0 Å². The second-order valence-electron chi connectivity index (χ2n) is 32.6. The van der Waals surface area contributed by atoms with E-state index in [4.69, 9.17) is 14.2 Å². The van der Waals surface area contributed by atoms with Gasteiger partial charge in [-0.25, -0.2) is 0 Å². The van der Waals surface area contributed by atoms with E-state index < -0.39 is 0 Å². The molecule has 0 saturated heterocycles. The maximum absolute atomic E-state index is 10.5. The van der Waals surface area contributed by atoms with Gasteiger partial charge in [-0.1, -0.05) is 260 Å². The van der Waals surface area contributed by atoms with E-state index in [1.54, 1.807) is 21.3 Å². The lowest BCUT2D eigenvalue weighted by molar-refractivity contribution is 0.383. The van der Waals surface area contributed by atoms with Crippen LogP contribution in [-0.2, 0) is 12.8 Å². The molecule has 0 saturated carbocycles. The van der Waals surface area contributed by atoms with Crippen LogP contribution in [0.4, 0.5) is 0 Å². The molecule has 7 unspecified atom stereocenters. The molecule has 0 aliphatic heterocycles. The second kappa shape index (κ2) is 49.3. The summed E-state index contributed by atoms with van der Waals surface area (Å²) in [5.74, 6) is 12.1. The number of hydrogen-bond acceptors (Lipinski definition) is 6. The Morgan fingerprint density at radius 2 is 0.646 bits per heavy atom. The van der Waals surface area contributed by atoms with Crippen molar-refractivity contribution in [2.45, 2.75) is 352 Å². The standard InChI is InChI=1S/3C30H52O2/c3*1-21(2)13-10-14-22(3)15-11-16-23(4)17-12-18-24(5)19-20-28-27(8)29(31)25(6)26(7)30(28)32-9/h19,21-23,31H,10-18,20H2,1-9H3;19-24,31H,10-18H2,1-9H3;18,21-23,31H,10-17,19-20H2,1-9H3/b24-19+;20-19+;24-18+. The van der Waals surface area contributed by atoms with Gasteiger partial charge >= 0.3 is 0 Å². The van der Waals surface area contributed by atoms with Crippen molar-refractivity contribution in [3.05, 3.63) is 96.1 Å². The van der Waals surface area contributed by atoms with Crippen LogP contribution in [0.1, 0.15) is 344 Å². The highest BCUT2D eigenvalue weighted by molar-refractivity contribution is 5.69. The van der Waals surface area contributed by atoms with E-state index in [-0.39, 0.29) is 0 Å². The molecule has 96 heavy (non-hydrogen) atoms. The summed E-state index contributed by atoms with van der Waals surface area (Å²) in [6.45, 7) is 53.2. The molecule has 0 amide bonds. The number of benzene rings is 3. The van der Waals surface area contributed by atoms with Crippen LogP contribution in [0, 0.1) is 121 Å². The van der Waals surface area contributed by atoms with Gasteiger partial charge < -0.3 is 29.5 Å². The van der Waals surface area contributed by atoms with Crippen LogP contribution in [0.25, 0.3) is 6.08 Å². The van der Waals surface area contributed by atoms with Gasteiger partial charge in [0.1, 0.15) is 34.5 Å². The van der Waals surface area contributed by atoms with E-state index in [9.17, 15) is 15.3 Å². The minimum Gasteiger partial charge on any atom is -0.507 e. The van der Waals surface area contributed by atoms with E-state index >= 15 is 0 Å². The first kappa shape index (κ1) is 89.7. The Morgan fingerprint density at radius 1 is 0.333 bits per heavy atom. The lowest BCUT2D eigenvalue weighted by atomic mass is 9.91. The molecule has 0 spiro atoms. The van der Waals surface area contributed by atoms with Crippen LogP contribution >= 0.6 is 0 Å². The van der Waals surface area contributed by atoms with Gasteiger partial charge in [0.05, 0.1) is 21.3 Å². The molecule has 6 heteroatoms. The van der Waals surface area contributed by atoms with Crippen LogP contribution in [0.2, 0.25) is 0 Å². The summed E-state index contributed by atoms with van der Waals surface area (Å²) in [5, 5.41) is 31.3. The van der Waals surface area contributed by atoms with Gasteiger partial charge in [0.25, 0.3) is 0 Å². The quantitative estimate of drug-likeness (QED) is 0.0489. The van der Waals surface area contributed by atoms with Gasteiger partial charge in [-0.05, 0) is 231 Å². The normalized spacial score (nSPS) is 14.4. The molecule has 0 heterocycles. The molecule has 3 aromatic rings. The summed E-state index contributed by atoms with van der Waals surface area (Å²) in [6, 6.07) is 0. The van der Waals surface area contributed by atoms with E-state index in [2.05, 4.69) is 128 Å². The number of phenols is 3. The fourth-order valence-corrected chi connectivity index (χ4v) is 14.3. The first-order chi connectivity index (χ1) is 45.2. The third kappa shape index (κ3) is 34.6. The Bertz CT molecular complexity index is 2710. The molecule has 3 aromatic carbocycles. The molecule has 552 valence electrons. The second-order valence-corrected chi connectivity index (χ2v) is 32.6. The van der Waals surface area contributed by atoms with Gasteiger partial charge in [0.2, 0.25) is 0 Å². The minimum absolute atomic E-state index is 0.388. The Labute approximate surface area is 595 Å². The summed E-state index contributed by atoms with van der Waals surface area (Å²) in [5.41, 5.74) is 14.8. The molecule has 3 N–H and O–H groups in total. The first-order valence-electron chi connectivity index (χ1n) is 39.3. The van der Waals surface area contributed by atoms with Gasteiger partial charge in [-0.2, -0.15) is 0 Å². The highest BCUT2D eigenvalue weighted by atomic mass is 16.5. The predicted octanol–water partition coefficient (Wildman–Crippen LogP) is 27.9. The Hall–Kier alpha value is -4.32. The highest BCUT2D eigenvalue weighted by Crippen LogP contribution is 2.41. The molecular formula is C90H156O6. The SMILES string of the molecule is COc1c(C)c(C)c(O)c(C)c1/C=C/C(C)CCCC(C)CCCC(C)CCCC(C)C.COc1c(C)c(C)c(O)c(C)c1C/C=C(\C)CCCC(C)CCCC(C)CCCC(C)C.COc1c(C)c(C)c(O)c(C)c1CC/C(C)=C/CCC(C)CCCC(C)CCCC(C)C. The number of allylic oxidation sites excluding steroid dienone is 5. The van der Waals surface area contributed by atoms with Gasteiger partial charge in [-0.3, -0.25) is 0 Å². The molecule has 0 aliphatic carbocycles. The zero-order valence-corrected chi connectivity index (χ0v) is 68.2. The lowest BCUT2D eigenvalue weighted by Gasteiger charge is -2.18. The fourth-order valence-electron chi connectivity index (χ4n) is 14.3. The third-order valence-electron chi connectivity index (χ3n) is 22.0. The number of ether oxygens (including phenoxy) is 3. The van der Waals surface area contributed by atoms with E-state index in [1.165, 1.54) is 172 Å². The van der Waals surface area contributed by atoms with Crippen LogP contribution < -0.4 is 14.2 Å². The summed E-state index contributed by atoms with van der Waals surface area (Å²) in [4.78, 5) is 0. The van der Waals surface area contributed by atoms with Crippen molar-refractivity contribution in [2.24, 2.45) is 59.2 Å². The zero-order chi connectivity index (χ0) is 72.8. The lowest BCUT2D eigenvalue weighted by Crippen LogP contribution is -2.02. The smallest absolute Gasteiger partial charge is 0.129 e. The Morgan fingerprint density at radius 3 is 1.03 bits per heavy atom. The zero-order valence-electron chi connectivity index (χ0n) is 68.2. The Balaban J connectivity index is 0.000000720. The molecule has 6 nitrogen and oxygen atoms in total. The van der Waals surface area contributed by atoms with Crippen molar-refractivity contribution in [3.8, 4) is 34.5 Å². The average Bonchev–Trinajstić information content (AvgIpc) is 0.814. The molecule has 0 aliphatic rings. The summed E-state index contributed by atoms with van der Waals surface area (Å²) in [6.07, 6.45) is 46.9. The molecule has 3 rings (SSSR count). The molecular weight excluding hydrogens is 1180 g/mol. The topological polar surface area (TPSA) is 88.4 Å². The third-order valence-corrected chi connectivity index (χ3v) is 22.0. The van der Waals surface area contributed by atoms with Crippen LogP contribution in [-0.4, -0.2) is 36.6 Å². The fraction of sp³-hybridized carbons (Fsp3) is 0.733. The van der Waals surface area contributed by atoms with Gasteiger partial charge in [0.15, 0.2) is 0 Å². The maximum atomic E-state index is 10.5. The summed E-state index contributed by atoms with van der Waals surface area (Å²) >= 11 is 0. The number of phenolic OH excluding ortho intramolecular Hbond substituents is 3. The number of methoxy groups -OCH3 is 3. The highest BCUT2D eigenvalue weighted by Gasteiger charge is 2.21. The monoisotopic (exact) mass is 1330 g/mol. The van der Waals surface area contributed by atoms with E-state index in [0.717, 1.165) is 163 Å². The van der Waals surface area contributed by atoms with E-state index in [1.807, 2.05) is 62.3 Å². The maximum Gasteiger partial charge on any atom is 0.129 e. The molecule has 0 bridgehead atoms. The van der Waals surface area contributed by atoms with Crippen molar-refractivity contribution in [1.82, 2.24) is 0 Å². The van der Waals surface area contributed by atoms with Crippen molar-refractivity contribution in [3.63, 3.8) is 0 Å². The largest absolute Gasteiger partial charge is 0.507 e. The first-order valence-corrected chi connectivity index (χ1v) is 39.3. The summed E-state index contributed by atoms with van der Waals surface area (Å²) < 4.78 is 17.0. The van der Waals surface area contributed by atoms with Crippen LogP contribution in [0.5, 0.6) is 34.5 Å². The molecule has 7 atom stereocenters. The van der Waals surface area contributed by atoms with E-state index in [0.29, 0.717) is 23.2 Å². The summed E-state index contributed by atoms with van der Waals surface area (Å²) in [7, 11) is 5.18. The van der Waals surface area contributed by atoms with Crippen molar-refractivity contribution < 1.29 is 29.5 Å². The van der Waals surface area contributed by atoms with Crippen LogP contribution in [0.3, 0.4) is 0 Å². The van der Waals surface area contributed by atoms with Gasteiger partial charge in [0, 0.05) is 22.3 Å². The number of rotatable bonds is 45. The minimum atomic E-state index is 0.388. The molecule has 0 radical (unpaired) electrons. The Kier molecular flexibility index (Phi) is 46.0.